The van der Waals surface area contributed by atoms with Crippen molar-refractivity contribution >= 4 is 0 Å². The predicted molar refractivity (Wildman–Crippen MR) is 71.9 cm³/mol. The van der Waals surface area contributed by atoms with Gasteiger partial charge in [-0.1, -0.05) is 24.2 Å². The third kappa shape index (κ3) is 3.12. The van der Waals surface area contributed by atoms with E-state index in [0.717, 1.165) is 17.7 Å². The first-order chi connectivity index (χ1) is 9.05. The number of rotatable bonds is 5. The van der Waals surface area contributed by atoms with Crippen molar-refractivity contribution in [1.82, 2.24) is 10.1 Å². The summed E-state index contributed by atoms with van der Waals surface area (Å²) in [4.78, 5) is 4.36. The van der Waals surface area contributed by atoms with Gasteiger partial charge in [0.15, 0.2) is 5.82 Å². The summed E-state index contributed by atoms with van der Waals surface area (Å²) >= 11 is 0. The lowest BCUT2D eigenvalue weighted by Gasteiger charge is -2.16. The van der Waals surface area contributed by atoms with Crippen LogP contribution < -0.4 is 10.5 Å². The van der Waals surface area contributed by atoms with Gasteiger partial charge in [0.2, 0.25) is 5.89 Å². The summed E-state index contributed by atoms with van der Waals surface area (Å²) in [5, 5.41) is 3.97. The zero-order chi connectivity index (χ0) is 13.9. The van der Waals surface area contributed by atoms with Crippen molar-refractivity contribution in [2.45, 2.75) is 32.2 Å². The number of hydrogen-bond acceptors (Lipinski definition) is 5. The minimum Gasteiger partial charge on any atom is -0.497 e. The maximum atomic E-state index is 6.07. The molecule has 0 fully saturated rings. The van der Waals surface area contributed by atoms with Gasteiger partial charge in [0.05, 0.1) is 12.6 Å². The predicted octanol–water partition coefficient (Wildman–Crippen LogP) is 2.25. The molecule has 0 amide bonds. The fraction of sp³-hybridized carbons (Fsp3) is 0.429. The normalized spacial score (nSPS) is 14.1. The maximum Gasteiger partial charge on any atom is 0.246 e. The van der Waals surface area contributed by atoms with Crippen LogP contribution in [-0.2, 0) is 12.0 Å². The summed E-state index contributed by atoms with van der Waals surface area (Å²) in [7, 11) is 1.65. The molecule has 0 bridgehead atoms. The molecule has 0 aliphatic heterocycles. The second kappa shape index (κ2) is 5.40. The van der Waals surface area contributed by atoms with Gasteiger partial charge < -0.3 is 15.0 Å². The van der Waals surface area contributed by atoms with Crippen molar-refractivity contribution in [1.29, 1.82) is 0 Å². The molecule has 0 spiro atoms. The van der Waals surface area contributed by atoms with E-state index in [1.165, 1.54) is 0 Å². The third-order valence-corrected chi connectivity index (χ3v) is 3.19. The number of aromatic nitrogens is 2. The zero-order valence-corrected chi connectivity index (χ0v) is 11.5. The molecule has 0 radical (unpaired) electrons. The molecule has 1 atom stereocenters. The van der Waals surface area contributed by atoms with Gasteiger partial charge in [-0.2, -0.15) is 4.98 Å². The number of ether oxygens (including phenoxy) is 1. The Labute approximate surface area is 112 Å². The minimum absolute atomic E-state index is 0.480. The van der Waals surface area contributed by atoms with Crippen LogP contribution in [0.2, 0.25) is 0 Å². The van der Waals surface area contributed by atoms with Gasteiger partial charge in [-0.25, -0.2) is 0 Å². The van der Waals surface area contributed by atoms with Crippen molar-refractivity contribution in [3.05, 3.63) is 41.5 Å². The number of benzene rings is 1. The molecule has 5 nitrogen and oxygen atoms in total. The Morgan fingerprint density at radius 2 is 2.21 bits per heavy atom. The molecule has 0 aliphatic carbocycles. The summed E-state index contributed by atoms with van der Waals surface area (Å²) in [6, 6.07) is 7.80. The van der Waals surface area contributed by atoms with Crippen molar-refractivity contribution in [2.24, 2.45) is 5.73 Å². The van der Waals surface area contributed by atoms with Crippen LogP contribution in [0, 0.1) is 0 Å². The lowest BCUT2D eigenvalue weighted by atomic mass is 10.0. The average molecular weight is 261 g/mol. The van der Waals surface area contributed by atoms with E-state index in [1.807, 2.05) is 38.1 Å². The van der Waals surface area contributed by atoms with Crippen LogP contribution in [0.15, 0.2) is 28.8 Å². The van der Waals surface area contributed by atoms with E-state index in [9.17, 15) is 0 Å². The SMILES string of the molecule is CCC(C)(N)c1nc(Cc2cccc(OC)c2)no1. The highest BCUT2D eigenvalue weighted by Gasteiger charge is 2.26. The second-order valence-corrected chi connectivity index (χ2v) is 4.82. The van der Waals surface area contributed by atoms with Crippen LogP contribution in [0.3, 0.4) is 0 Å². The highest BCUT2D eigenvalue weighted by atomic mass is 16.5. The van der Waals surface area contributed by atoms with Gasteiger partial charge in [-0.3, -0.25) is 0 Å². The van der Waals surface area contributed by atoms with E-state index < -0.39 is 5.54 Å². The van der Waals surface area contributed by atoms with Crippen LogP contribution in [0.4, 0.5) is 0 Å². The Balaban J connectivity index is 2.15. The first-order valence-corrected chi connectivity index (χ1v) is 6.30. The Morgan fingerprint density at radius 3 is 2.89 bits per heavy atom. The van der Waals surface area contributed by atoms with E-state index in [2.05, 4.69) is 10.1 Å². The third-order valence-electron chi connectivity index (χ3n) is 3.19. The fourth-order valence-corrected chi connectivity index (χ4v) is 1.67. The molecular weight excluding hydrogens is 242 g/mol. The van der Waals surface area contributed by atoms with E-state index in [4.69, 9.17) is 15.0 Å². The van der Waals surface area contributed by atoms with Crippen molar-refractivity contribution in [3.8, 4) is 5.75 Å². The Hall–Kier alpha value is -1.88. The average Bonchev–Trinajstić information content (AvgIpc) is 2.88. The molecule has 1 heterocycles. The number of nitrogens with two attached hydrogens (primary N) is 1. The topological polar surface area (TPSA) is 74.2 Å². The van der Waals surface area contributed by atoms with E-state index >= 15 is 0 Å². The summed E-state index contributed by atoms with van der Waals surface area (Å²) in [6.07, 6.45) is 1.34. The highest BCUT2D eigenvalue weighted by Crippen LogP contribution is 2.20. The van der Waals surface area contributed by atoms with Gasteiger partial charge in [-0.15, -0.1) is 0 Å². The van der Waals surface area contributed by atoms with Crippen LogP contribution >= 0.6 is 0 Å². The first kappa shape index (κ1) is 13.5. The van der Waals surface area contributed by atoms with Gasteiger partial charge in [-0.05, 0) is 31.0 Å². The molecule has 5 heteroatoms. The molecule has 0 aliphatic rings. The molecule has 2 N–H and O–H groups in total. The molecule has 2 rings (SSSR count). The lowest BCUT2D eigenvalue weighted by Crippen LogP contribution is -2.32. The molecule has 0 saturated carbocycles. The first-order valence-electron chi connectivity index (χ1n) is 6.30. The van der Waals surface area contributed by atoms with E-state index in [-0.39, 0.29) is 0 Å². The Morgan fingerprint density at radius 1 is 1.42 bits per heavy atom. The van der Waals surface area contributed by atoms with Gasteiger partial charge in [0.1, 0.15) is 5.75 Å². The highest BCUT2D eigenvalue weighted by molar-refractivity contribution is 5.30. The summed E-state index contributed by atoms with van der Waals surface area (Å²) < 4.78 is 10.4. The Kier molecular flexibility index (Phi) is 3.85. The molecule has 1 aromatic heterocycles. The summed E-state index contributed by atoms with van der Waals surface area (Å²) in [5.41, 5.74) is 6.57. The number of hydrogen-bond donors (Lipinski definition) is 1. The largest absolute Gasteiger partial charge is 0.497 e. The molecule has 102 valence electrons. The van der Waals surface area contributed by atoms with E-state index in [0.29, 0.717) is 18.1 Å². The van der Waals surface area contributed by atoms with Crippen LogP contribution in [-0.4, -0.2) is 17.3 Å². The molecular formula is C14H19N3O2. The lowest BCUT2D eigenvalue weighted by molar-refractivity contribution is 0.290. The van der Waals surface area contributed by atoms with Gasteiger partial charge in [0.25, 0.3) is 0 Å². The van der Waals surface area contributed by atoms with Crippen molar-refractivity contribution in [3.63, 3.8) is 0 Å². The number of nitrogens with zero attached hydrogens (tertiary/aromatic N) is 2. The van der Waals surface area contributed by atoms with Crippen LogP contribution in [0.25, 0.3) is 0 Å². The quantitative estimate of drug-likeness (QED) is 0.893. The summed E-state index contributed by atoms with van der Waals surface area (Å²) in [6.45, 7) is 3.88. The van der Waals surface area contributed by atoms with Crippen LogP contribution in [0.5, 0.6) is 5.75 Å². The maximum absolute atomic E-state index is 6.07. The van der Waals surface area contributed by atoms with Crippen molar-refractivity contribution in [2.75, 3.05) is 7.11 Å². The minimum atomic E-state index is -0.570. The Bertz CT molecular complexity index is 549. The van der Waals surface area contributed by atoms with Crippen LogP contribution in [0.1, 0.15) is 37.5 Å². The molecule has 1 aromatic carbocycles. The van der Waals surface area contributed by atoms with Gasteiger partial charge >= 0.3 is 0 Å². The zero-order valence-electron chi connectivity index (χ0n) is 11.5. The second-order valence-electron chi connectivity index (χ2n) is 4.82. The monoisotopic (exact) mass is 261 g/mol. The number of methoxy groups -OCH3 is 1. The fourth-order valence-electron chi connectivity index (χ4n) is 1.67. The summed E-state index contributed by atoms with van der Waals surface area (Å²) in [5.74, 6) is 1.93. The van der Waals surface area contributed by atoms with Gasteiger partial charge in [0, 0.05) is 6.42 Å². The smallest absolute Gasteiger partial charge is 0.246 e. The van der Waals surface area contributed by atoms with Crippen molar-refractivity contribution < 1.29 is 9.26 Å². The molecule has 19 heavy (non-hydrogen) atoms. The molecule has 1 unspecified atom stereocenters. The standard InChI is InChI=1S/C14H19N3O2/c1-4-14(2,15)13-16-12(17-19-13)9-10-6-5-7-11(8-10)18-3/h5-8H,4,9,15H2,1-3H3. The van der Waals surface area contributed by atoms with E-state index in [1.54, 1.807) is 7.11 Å². The molecule has 2 aromatic rings. The molecule has 0 saturated heterocycles.